The van der Waals surface area contributed by atoms with E-state index < -0.39 is 0 Å². The SMILES string of the molecule is COCCOCC(=O)NC(CCCl)C(C)(C)C. The van der Waals surface area contributed by atoms with Crippen LogP contribution in [0.2, 0.25) is 0 Å². The van der Waals surface area contributed by atoms with E-state index in [-0.39, 0.29) is 24.0 Å². The predicted octanol–water partition coefficient (Wildman–Crippen LogP) is 1.81. The number of hydrogen-bond donors (Lipinski definition) is 1. The average Bonchev–Trinajstić information content (AvgIpc) is 2.22. The van der Waals surface area contributed by atoms with Gasteiger partial charge >= 0.3 is 0 Å². The van der Waals surface area contributed by atoms with Gasteiger partial charge in [-0.2, -0.15) is 0 Å². The van der Waals surface area contributed by atoms with Gasteiger partial charge < -0.3 is 14.8 Å². The second kappa shape index (κ2) is 8.72. The van der Waals surface area contributed by atoms with Crippen LogP contribution in [-0.2, 0) is 14.3 Å². The monoisotopic (exact) mass is 265 g/mol. The van der Waals surface area contributed by atoms with E-state index in [0.29, 0.717) is 19.1 Å². The highest BCUT2D eigenvalue weighted by molar-refractivity contribution is 6.17. The third-order valence-corrected chi connectivity index (χ3v) is 2.66. The zero-order valence-corrected chi connectivity index (χ0v) is 12.0. The fourth-order valence-corrected chi connectivity index (χ4v) is 1.59. The zero-order chi connectivity index (χ0) is 13.3. The van der Waals surface area contributed by atoms with E-state index in [1.54, 1.807) is 7.11 Å². The van der Waals surface area contributed by atoms with E-state index in [9.17, 15) is 4.79 Å². The molecular weight excluding hydrogens is 242 g/mol. The van der Waals surface area contributed by atoms with Gasteiger partial charge in [0.05, 0.1) is 13.2 Å². The van der Waals surface area contributed by atoms with Crippen molar-refractivity contribution in [2.45, 2.75) is 33.2 Å². The molecule has 4 nitrogen and oxygen atoms in total. The van der Waals surface area contributed by atoms with E-state index in [0.717, 1.165) is 6.42 Å². The summed E-state index contributed by atoms with van der Waals surface area (Å²) in [5, 5.41) is 2.95. The minimum Gasteiger partial charge on any atom is -0.382 e. The van der Waals surface area contributed by atoms with Crippen LogP contribution in [0.25, 0.3) is 0 Å². The van der Waals surface area contributed by atoms with Crippen molar-refractivity contribution < 1.29 is 14.3 Å². The van der Waals surface area contributed by atoms with E-state index in [4.69, 9.17) is 21.1 Å². The second-order valence-electron chi connectivity index (χ2n) is 5.01. The van der Waals surface area contributed by atoms with Gasteiger partial charge in [0, 0.05) is 19.0 Å². The highest BCUT2D eigenvalue weighted by Gasteiger charge is 2.25. The molecule has 1 amide bonds. The summed E-state index contributed by atoms with van der Waals surface area (Å²) >= 11 is 5.73. The van der Waals surface area contributed by atoms with Crippen molar-refractivity contribution in [3.8, 4) is 0 Å². The summed E-state index contributed by atoms with van der Waals surface area (Å²) in [5.41, 5.74) is -0.00290. The Hall–Kier alpha value is -0.320. The Morgan fingerprint density at radius 2 is 2.00 bits per heavy atom. The molecule has 1 unspecified atom stereocenters. The first-order valence-corrected chi connectivity index (χ1v) is 6.37. The Kier molecular flexibility index (Phi) is 8.56. The van der Waals surface area contributed by atoms with Gasteiger partial charge in [-0.1, -0.05) is 20.8 Å². The van der Waals surface area contributed by atoms with Crippen LogP contribution in [0.1, 0.15) is 27.2 Å². The molecule has 1 N–H and O–H groups in total. The van der Waals surface area contributed by atoms with Crippen LogP contribution >= 0.6 is 11.6 Å². The molecule has 0 aliphatic rings. The zero-order valence-electron chi connectivity index (χ0n) is 11.2. The maximum absolute atomic E-state index is 11.6. The molecule has 0 aliphatic carbocycles. The van der Waals surface area contributed by atoms with Crippen molar-refractivity contribution in [1.29, 1.82) is 0 Å². The second-order valence-corrected chi connectivity index (χ2v) is 5.39. The number of halogens is 1. The van der Waals surface area contributed by atoms with Gasteiger partial charge in [0.25, 0.3) is 0 Å². The molecule has 0 rings (SSSR count). The lowest BCUT2D eigenvalue weighted by Crippen LogP contribution is -2.45. The Morgan fingerprint density at radius 3 is 2.47 bits per heavy atom. The molecule has 0 fully saturated rings. The number of hydrogen-bond acceptors (Lipinski definition) is 3. The quantitative estimate of drug-likeness (QED) is 0.538. The maximum atomic E-state index is 11.6. The number of nitrogens with one attached hydrogen (secondary N) is 1. The van der Waals surface area contributed by atoms with Gasteiger partial charge in [-0.05, 0) is 11.8 Å². The minimum absolute atomic E-state index is 0.00290. The van der Waals surface area contributed by atoms with Crippen LogP contribution < -0.4 is 5.32 Å². The first-order chi connectivity index (χ1) is 7.91. The highest BCUT2D eigenvalue weighted by atomic mass is 35.5. The number of rotatable bonds is 8. The van der Waals surface area contributed by atoms with Crippen LogP contribution in [0.3, 0.4) is 0 Å². The van der Waals surface area contributed by atoms with Crippen molar-refractivity contribution in [2.75, 3.05) is 32.8 Å². The molecule has 0 radical (unpaired) electrons. The van der Waals surface area contributed by atoms with Crippen molar-refractivity contribution in [1.82, 2.24) is 5.32 Å². The number of carbonyl (C=O) groups excluding carboxylic acids is 1. The molecule has 0 bridgehead atoms. The van der Waals surface area contributed by atoms with E-state index in [2.05, 4.69) is 26.1 Å². The molecule has 0 aromatic carbocycles. The van der Waals surface area contributed by atoms with E-state index >= 15 is 0 Å². The number of carbonyl (C=O) groups is 1. The summed E-state index contributed by atoms with van der Waals surface area (Å²) < 4.78 is 9.98. The van der Waals surface area contributed by atoms with Gasteiger partial charge in [-0.25, -0.2) is 0 Å². The normalized spacial score (nSPS) is 13.5. The summed E-state index contributed by atoms with van der Waals surface area (Å²) in [5.74, 6) is 0.429. The molecule has 0 heterocycles. The van der Waals surface area contributed by atoms with E-state index in [1.807, 2.05) is 0 Å². The number of amides is 1. The summed E-state index contributed by atoms with van der Waals surface area (Å²) in [6.45, 7) is 7.23. The van der Waals surface area contributed by atoms with Gasteiger partial charge in [0.2, 0.25) is 5.91 Å². The summed E-state index contributed by atoms with van der Waals surface area (Å²) in [6, 6.07) is 0.0681. The van der Waals surface area contributed by atoms with Gasteiger partial charge in [-0.3, -0.25) is 4.79 Å². The molecule has 1 atom stereocenters. The molecule has 0 saturated heterocycles. The fourth-order valence-electron chi connectivity index (χ4n) is 1.37. The van der Waals surface area contributed by atoms with Crippen LogP contribution in [0, 0.1) is 5.41 Å². The molecule has 0 aliphatic heterocycles. The number of methoxy groups -OCH3 is 1. The third kappa shape index (κ3) is 8.41. The lowest BCUT2D eigenvalue weighted by molar-refractivity contribution is -0.127. The van der Waals surface area contributed by atoms with Crippen LogP contribution in [0.15, 0.2) is 0 Å². The molecule has 0 spiro atoms. The maximum Gasteiger partial charge on any atom is 0.246 e. The molecule has 102 valence electrons. The number of alkyl halides is 1. The van der Waals surface area contributed by atoms with Crippen molar-refractivity contribution in [2.24, 2.45) is 5.41 Å². The minimum atomic E-state index is -0.105. The number of ether oxygens (including phenoxy) is 2. The lowest BCUT2D eigenvalue weighted by atomic mass is 9.85. The fraction of sp³-hybridized carbons (Fsp3) is 0.917. The third-order valence-electron chi connectivity index (χ3n) is 2.44. The molecular formula is C12H24ClNO3. The highest BCUT2D eigenvalue weighted by Crippen LogP contribution is 2.22. The van der Waals surface area contributed by atoms with Crippen LogP contribution in [-0.4, -0.2) is 44.8 Å². The first-order valence-electron chi connectivity index (χ1n) is 5.83. The topological polar surface area (TPSA) is 47.6 Å². The Bertz CT molecular complexity index is 216. The van der Waals surface area contributed by atoms with Gasteiger partial charge in [0.15, 0.2) is 0 Å². The summed E-state index contributed by atoms with van der Waals surface area (Å²) in [4.78, 5) is 11.6. The Morgan fingerprint density at radius 1 is 1.35 bits per heavy atom. The van der Waals surface area contributed by atoms with Crippen molar-refractivity contribution in [3.05, 3.63) is 0 Å². The summed E-state index contributed by atoms with van der Waals surface area (Å²) in [6.07, 6.45) is 0.759. The molecule has 0 saturated carbocycles. The van der Waals surface area contributed by atoms with Crippen LogP contribution in [0.4, 0.5) is 0 Å². The standard InChI is InChI=1S/C12H24ClNO3/c1-12(2,3)10(5-6-13)14-11(15)9-17-8-7-16-4/h10H,5-9H2,1-4H3,(H,14,15). The summed E-state index contributed by atoms with van der Waals surface area (Å²) in [7, 11) is 1.60. The van der Waals surface area contributed by atoms with Gasteiger partial charge in [-0.15, -0.1) is 11.6 Å². The Balaban J connectivity index is 3.96. The molecule has 0 aromatic heterocycles. The largest absolute Gasteiger partial charge is 0.382 e. The van der Waals surface area contributed by atoms with Crippen molar-refractivity contribution in [3.63, 3.8) is 0 Å². The first kappa shape index (κ1) is 16.7. The smallest absolute Gasteiger partial charge is 0.246 e. The Labute approximate surface area is 109 Å². The van der Waals surface area contributed by atoms with E-state index in [1.165, 1.54) is 0 Å². The van der Waals surface area contributed by atoms with Gasteiger partial charge in [0.1, 0.15) is 6.61 Å². The molecule has 17 heavy (non-hydrogen) atoms. The van der Waals surface area contributed by atoms with Crippen molar-refractivity contribution >= 4 is 17.5 Å². The molecule has 0 aromatic rings. The lowest BCUT2D eigenvalue weighted by Gasteiger charge is -2.31. The average molecular weight is 266 g/mol. The molecule has 5 heteroatoms. The predicted molar refractivity (Wildman–Crippen MR) is 69.4 cm³/mol. The van der Waals surface area contributed by atoms with Crippen LogP contribution in [0.5, 0.6) is 0 Å².